The second-order valence-corrected chi connectivity index (χ2v) is 8.98. The molecule has 4 N–H and O–H groups in total. The number of nitrogens with zero attached hydrogens (tertiary/aromatic N) is 1. The molecule has 0 bridgehead atoms. The molecule has 0 spiro atoms. The standard InChI is InChI=1S/C14H14N2O8S2/c15-12-6-5-11(14(9-12,25(19,20)21)26(22,23)24)4-1-10-2-7-13(8-3-10)16(17)18/h1-8H,9,15H2,(H,19,20,21)(H,22,23,24)/b4-1+. The Labute approximate surface area is 149 Å². The highest BCUT2D eigenvalue weighted by Gasteiger charge is 2.57. The third-order valence-corrected chi connectivity index (χ3v) is 7.44. The van der Waals surface area contributed by atoms with Gasteiger partial charge in [-0.3, -0.25) is 19.2 Å². The van der Waals surface area contributed by atoms with Gasteiger partial charge in [-0.25, -0.2) is 0 Å². The van der Waals surface area contributed by atoms with E-state index in [0.717, 1.165) is 12.2 Å². The Morgan fingerprint density at radius 3 is 2.04 bits per heavy atom. The molecule has 0 aliphatic heterocycles. The molecule has 0 atom stereocenters. The van der Waals surface area contributed by atoms with Crippen LogP contribution in [0.3, 0.4) is 0 Å². The van der Waals surface area contributed by atoms with E-state index in [1.807, 2.05) is 0 Å². The van der Waals surface area contributed by atoms with Gasteiger partial charge >= 0.3 is 0 Å². The highest BCUT2D eigenvalue weighted by Crippen LogP contribution is 2.40. The Bertz CT molecular complexity index is 1000. The predicted octanol–water partition coefficient (Wildman–Crippen LogP) is 1.25. The normalized spacial score (nSPS) is 17.6. The third-order valence-electron chi connectivity index (χ3n) is 3.75. The summed E-state index contributed by atoms with van der Waals surface area (Å²) in [5, 5.41) is 10.6. The van der Waals surface area contributed by atoms with Crippen LogP contribution in [0.25, 0.3) is 6.08 Å². The van der Waals surface area contributed by atoms with Crippen LogP contribution in [0.1, 0.15) is 12.0 Å². The molecule has 10 nitrogen and oxygen atoms in total. The molecule has 1 aliphatic carbocycles. The molecule has 1 aliphatic rings. The molecule has 0 amide bonds. The van der Waals surface area contributed by atoms with Crippen molar-refractivity contribution in [3.63, 3.8) is 0 Å². The van der Waals surface area contributed by atoms with Crippen molar-refractivity contribution in [2.24, 2.45) is 5.73 Å². The van der Waals surface area contributed by atoms with Crippen molar-refractivity contribution in [3.8, 4) is 0 Å². The lowest BCUT2D eigenvalue weighted by Gasteiger charge is -2.30. The number of benzene rings is 1. The van der Waals surface area contributed by atoms with E-state index in [1.165, 1.54) is 36.4 Å². The topological polar surface area (TPSA) is 178 Å². The molecular weight excluding hydrogens is 388 g/mol. The molecule has 0 aromatic heterocycles. The predicted molar refractivity (Wildman–Crippen MR) is 92.9 cm³/mol. The van der Waals surface area contributed by atoms with Gasteiger partial charge in [0.1, 0.15) is 0 Å². The highest BCUT2D eigenvalue weighted by molar-refractivity contribution is 8.05. The zero-order valence-corrected chi connectivity index (χ0v) is 14.6. The van der Waals surface area contributed by atoms with Gasteiger partial charge in [-0.2, -0.15) is 16.8 Å². The number of rotatable bonds is 5. The molecule has 26 heavy (non-hydrogen) atoms. The van der Waals surface area contributed by atoms with Crippen LogP contribution in [0.4, 0.5) is 5.69 Å². The SMILES string of the molecule is NC1=CC=C(/C=C/c2ccc([N+](=O)[O-])cc2)C(S(=O)(=O)O)(S(=O)(=O)O)C1. The van der Waals surface area contributed by atoms with Gasteiger partial charge in [0.05, 0.1) is 4.92 Å². The summed E-state index contributed by atoms with van der Waals surface area (Å²) < 4.78 is 63.3. The Hall–Kier alpha value is -2.54. The minimum Gasteiger partial charge on any atom is -0.402 e. The van der Waals surface area contributed by atoms with E-state index >= 15 is 0 Å². The minimum atomic E-state index is -5.32. The number of hydrogen-bond donors (Lipinski definition) is 3. The van der Waals surface area contributed by atoms with Crippen LogP contribution in [-0.4, -0.2) is 34.9 Å². The summed E-state index contributed by atoms with van der Waals surface area (Å²) in [4.78, 5) is 10.0. The van der Waals surface area contributed by atoms with E-state index in [-0.39, 0.29) is 11.4 Å². The van der Waals surface area contributed by atoms with Crippen molar-refractivity contribution in [1.29, 1.82) is 0 Å². The van der Waals surface area contributed by atoms with E-state index in [0.29, 0.717) is 5.56 Å². The van der Waals surface area contributed by atoms with E-state index in [1.54, 1.807) is 0 Å². The van der Waals surface area contributed by atoms with E-state index in [9.17, 15) is 36.1 Å². The minimum absolute atomic E-state index is 0.167. The quantitative estimate of drug-likeness (QED) is 0.371. The van der Waals surface area contributed by atoms with Gasteiger partial charge in [0.25, 0.3) is 30.0 Å². The van der Waals surface area contributed by atoms with Gasteiger partial charge < -0.3 is 5.73 Å². The third kappa shape index (κ3) is 3.53. The molecule has 0 unspecified atom stereocenters. The van der Waals surface area contributed by atoms with Crippen LogP contribution in [0.15, 0.2) is 53.8 Å². The zero-order chi connectivity index (χ0) is 19.8. The molecule has 0 radical (unpaired) electrons. The number of allylic oxidation sites excluding steroid dienone is 4. The summed E-state index contributed by atoms with van der Waals surface area (Å²) in [5.74, 6) is 0. The van der Waals surface area contributed by atoms with Crippen LogP contribution in [0.2, 0.25) is 0 Å². The van der Waals surface area contributed by atoms with Crippen molar-refractivity contribution in [1.82, 2.24) is 0 Å². The molecule has 12 heteroatoms. The maximum atomic E-state index is 11.8. The fourth-order valence-corrected chi connectivity index (χ4v) is 5.07. The largest absolute Gasteiger partial charge is 0.402 e. The summed E-state index contributed by atoms with van der Waals surface area (Å²) in [6.07, 6.45) is 3.76. The number of nitro benzene ring substituents is 1. The molecule has 0 saturated carbocycles. The van der Waals surface area contributed by atoms with Crippen LogP contribution in [-0.2, 0) is 20.2 Å². The highest BCUT2D eigenvalue weighted by atomic mass is 32.3. The lowest BCUT2D eigenvalue weighted by molar-refractivity contribution is -0.384. The maximum Gasteiger partial charge on any atom is 0.292 e. The van der Waals surface area contributed by atoms with Gasteiger partial charge in [-0.1, -0.05) is 18.2 Å². The van der Waals surface area contributed by atoms with Crippen molar-refractivity contribution in [3.05, 3.63) is 69.4 Å². The Balaban J connectivity index is 2.55. The fourth-order valence-electron chi connectivity index (χ4n) is 2.44. The van der Waals surface area contributed by atoms with Crippen LogP contribution in [0, 0.1) is 10.1 Å². The molecular formula is C14H14N2O8S2. The van der Waals surface area contributed by atoms with Gasteiger partial charge in [0, 0.05) is 24.3 Å². The zero-order valence-electron chi connectivity index (χ0n) is 13.0. The number of hydrogen-bond acceptors (Lipinski definition) is 7. The summed E-state index contributed by atoms with van der Waals surface area (Å²) in [6.45, 7) is 0. The summed E-state index contributed by atoms with van der Waals surface area (Å²) in [5.41, 5.74) is 5.11. The van der Waals surface area contributed by atoms with E-state index in [4.69, 9.17) is 5.73 Å². The molecule has 0 heterocycles. The molecule has 1 aromatic carbocycles. The Morgan fingerprint density at radius 2 is 1.58 bits per heavy atom. The molecule has 0 saturated heterocycles. The second-order valence-electron chi connectivity index (χ2n) is 5.43. The first-order valence-corrected chi connectivity index (χ1v) is 9.80. The monoisotopic (exact) mass is 402 g/mol. The molecule has 2 rings (SSSR count). The number of nitro groups is 1. The molecule has 1 aromatic rings. The Kier molecular flexibility index (Phi) is 5.05. The van der Waals surface area contributed by atoms with Crippen LogP contribution < -0.4 is 5.73 Å². The van der Waals surface area contributed by atoms with Crippen molar-refractivity contribution < 1.29 is 30.9 Å². The van der Waals surface area contributed by atoms with Crippen LogP contribution in [0.5, 0.6) is 0 Å². The first-order valence-electron chi connectivity index (χ1n) is 6.92. The lowest BCUT2D eigenvalue weighted by Crippen LogP contribution is -2.49. The second kappa shape index (κ2) is 6.64. The average Bonchev–Trinajstić information content (AvgIpc) is 2.51. The van der Waals surface area contributed by atoms with Crippen LogP contribution >= 0.6 is 0 Å². The number of nitrogens with two attached hydrogens (primary N) is 1. The van der Waals surface area contributed by atoms with Crippen molar-refractivity contribution in [2.75, 3.05) is 0 Å². The fraction of sp³-hybridized carbons (Fsp3) is 0.143. The Morgan fingerprint density at radius 1 is 1.04 bits per heavy atom. The van der Waals surface area contributed by atoms with E-state index in [2.05, 4.69) is 0 Å². The van der Waals surface area contributed by atoms with Gasteiger partial charge in [-0.15, -0.1) is 0 Å². The average molecular weight is 402 g/mol. The summed E-state index contributed by atoms with van der Waals surface area (Å²) in [6, 6.07) is 5.10. The van der Waals surface area contributed by atoms with E-state index < -0.39 is 41.2 Å². The van der Waals surface area contributed by atoms with Gasteiger partial charge in [-0.05, 0) is 29.3 Å². The molecule has 140 valence electrons. The first-order chi connectivity index (χ1) is 11.9. The van der Waals surface area contributed by atoms with Crippen molar-refractivity contribution in [2.45, 2.75) is 10.5 Å². The van der Waals surface area contributed by atoms with Gasteiger partial charge in [0.15, 0.2) is 0 Å². The first kappa shape index (κ1) is 19.8. The summed E-state index contributed by atoms with van der Waals surface area (Å²) in [7, 11) is -10.6. The lowest BCUT2D eigenvalue weighted by atomic mass is 10.00. The number of non-ortho nitro benzene ring substituents is 1. The molecule has 0 fully saturated rings. The smallest absolute Gasteiger partial charge is 0.292 e. The summed E-state index contributed by atoms with van der Waals surface area (Å²) >= 11 is 0. The maximum absolute atomic E-state index is 11.8. The van der Waals surface area contributed by atoms with Crippen molar-refractivity contribution >= 4 is 32.0 Å². The van der Waals surface area contributed by atoms with Gasteiger partial charge in [0.2, 0.25) is 0 Å².